The van der Waals surface area contributed by atoms with E-state index in [1.54, 1.807) is 12.1 Å². The van der Waals surface area contributed by atoms with Crippen molar-refractivity contribution in [1.82, 2.24) is 5.32 Å². The number of hydrogen-bond acceptors (Lipinski definition) is 1. The molecule has 0 spiro atoms. The molecule has 1 nitrogen and oxygen atoms in total. The Balaban J connectivity index is 1.96. The van der Waals surface area contributed by atoms with E-state index >= 15 is 0 Å². The summed E-state index contributed by atoms with van der Waals surface area (Å²) in [6, 6.07) is 4.21. The third-order valence-corrected chi connectivity index (χ3v) is 3.39. The molecule has 1 atom stereocenters. The van der Waals surface area contributed by atoms with Gasteiger partial charge in [-0.2, -0.15) is 0 Å². The molecule has 1 aromatic rings. The first-order valence-corrected chi connectivity index (χ1v) is 5.85. The molecule has 0 amide bonds. The third kappa shape index (κ3) is 2.40. The largest absolute Gasteiger partial charge is 0.310 e. The fraction of sp³-hybridized carbons (Fsp3) is 0.538. The molecule has 88 valence electrons. The average molecular weight is 225 g/mol. The molecule has 1 saturated carbocycles. The third-order valence-electron chi connectivity index (χ3n) is 3.39. The van der Waals surface area contributed by atoms with E-state index in [2.05, 4.69) is 5.32 Å². The van der Waals surface area contributed by atoms with Crippen LogP contribution >= 0.6 is 0 Å². The molecule has 0 heterocycles. The summed E-state index contributed by atoms with van der Waals surface area (Å²) < 4.78 is 26.5. The number of nitrogens with one attached hydrogen (secondary N) is 1. The summed E-state index contributed by atoms with van der Waals surface area (Å²) in [6.07, 6.45) is 3.81. The maximum absolute atomic E-state index is 13.5. The van der Waals surface area contributed by atoms with Gasteiger partial charge in [0.25, 0.3) is 0 Å². The highest BCUT2D eigenvalue weighted by atomic mass is 19.2. The Labute approximate surface area is 94.9 Å². The summed E-state index contributed by atoms with van der Waals surface area (Å²) >= 11 is 0. The standard InChI is InChI=1S/C13H17F2N/c1-9(16-8-10-4-2-5-10)11-6-3-7-12(14)13(11)15/h3,6-7,9-10,16H,2,4-5,8H2,1H3. The van der Waals surface area contributed by atoms with Crippen LogP contribution in [0.4, 0.5) is 8.78 Å². The first-order valence-electron chi connectivity index (χ1n) is 5.85. The van der Waals surface area contributed by atoms with Crippen LogP contribution in [0.25, 0.3) is 0 Å². The van der Waals surface area contributed by atoms with Crippen molar-refractivity contribution >= 4 is 0 Å². The van der Waals surface area contributed by atoms with Gasteiger partial charge in [0.1, 0.15) is 0 Å². The molecule has 1 fully saturated rings. The van der Waals surface area contributed by atoms with Gasteiger partial charge < -0.3 is 5.32 Å². The molecule has 1 aliphatic carbocycles. The molecule has 0 saturated heterocycles. The summed E-state index contributed by atoms with van der Waals surface area (Å²) in [4.78, 5) is 0. The highest BCUT2D eigenvalue weighted by Crippen LogP contribution is 2.26. The highest BCUT2D eigenvalue weighted by Gasteiger charge is 2.19. The minimum atomic E-state index is -0.769. The SMILES string of the molecule is CC(NCC1CCC1)c1cccc(F)c1F. The van der Waals surface area contributed by atoms with E-state index in [0.29, 0.717) is 5.56 Å². The Morgan fingerprint density at radius 3 is 2.75 bits per heavy atom. The van der Waals surface area contributed by atoms with Gasteiger partial charge in [-0.15, -0.1) is 0 Å². The summed E-state index contributed by atoms with van der Waals surface area (Å²) in [5.41, 5.74) is 0.416. The Bertz CT molecular complexity index is 361. The molecule has 1 aromatic carbocycles. The molecule has 0 aliphatic heterocycles. The van der Waals surface area contributed by atoms with Gasteiger partial charge in [0.05, 0.1) is 0 Å². The van der Waals surface area contributed by atoms with Crippen LogP contribution in [-0.4, -0.2) is 6.54 Å². The van der Waals surface area contributed by atoms with E-state index in [4.69, 9.17) is 0 Å². The Morgan fingerprint density at radius 1 is 1.38 bits per heavy atom. The van der Waals surface area contributed by atoms with Gasteiger partial charge in [0, 0.05) is 11.6 Å². The Kier molecular flexibility index (Phi) is 3.54. The van der Waals surface area contributed by atoms with Crippen molar-refractivity contribution in [2.24, 2.45) is 5.92 Å². The molecule has 16 heavy (non-hydrogen) atoms. The van der Waals surface area contributed by atoms with Gasteiger partial charge in [0.15, 0.2) is 11.6 Å². The summed E-state index contributed by atoms with van der Waals surface area (Å²) in [5, 5.41) is 3.26. The van der Waals surface area contributed by atoms with Gasteiger partial charge in [-0.3, -0.25) is 0 Å². The van der Waals surface area contributed by atoms with Crippen molar-refractivity contribution in [3.8, 4) is 0 Å². The fourth-order valence-electron chi connectivity index (χ4n) is 2.01. The van der Waals surface area contributed by atoms with Crippen molar-refractivity contribution in [3.05, 3.63) is 35.4 Å². The van der Waals surface area contributed by atoms with Gasteiger partial charge in [-0.1, -0.05) is 18.6 Å². The quantitative estimate of drug-likeness (QED) is 0.828. The molecule has 1 aliphatic rings. The number of benzene rings is 1. The minimum absolute atomic E-state index is 0.128. The first-order chi connectivity index (χ1) is 7.68. The maximum atomic E-state index is 13.5. The topological polar surface area (TPSA) is 12.0 Å². The second kappa shape index (κ2) is 4.91. The minimum Gasteiger partial charge on any atom is -0.310 e. The number of halogens is 2. The van der Waals surface area contributed by atoms with Gasteiger partial charge in [-0.25, -0.2) is 8.78 Å². The van der Waals surface area contributed by atoms with Crippen molar-refractivity contribution in [2.45, 2.75) is 32.2 Å². The second-order valence-corrected chi connectivity index (χ2v) is 4.57. The highest BCUT2D eigenvalue weighted by molar-refractivity contribution is 5.21. The van der Waals surface area contributed by atoms with Gasteiger partial charge in [-0.05, 0) is 38.3 Å². The van der Waals surface area contributed by atoms with Crippen LogP contribution in [0, 0.1) is 17.6 Å². The normalized spacial score (nSPS) is 18.2. The lowest BCUT2D eigenvalue weighted by molar-refractivity contribution is 0.291. The molecule has 2 rings (SSSR count). The van der Waals surface area contributed by atoms with Crippen LogP contribution in [0.3, 0.4) is 0 Å². The van der Waals surface area contributed by atoms with E-state index in [9.17, 15) is 8.78 Å². The predicted octanol–water partition coefficient (Wildman–Crippen LogP) is 3.42. The second-order valence-electron chi connectivity index (χ2n) is 4.57. The summed E-state index contributed by atoms with van der Waals surface area (Å²) in [5.74, 6) is -0.773. The van der Waals surface area contributed by atoms with Crippen molar-refractivity contribution in [2.75, 3.05) is 6.54 Å². The predicted molar refractivity (Wildman–Crippen MR) is 60.1 cm³/mol. The van der Waals surface area contributed by atoms with Crippen LogP contribution in [-0.2, 0) is 0 Å². The van der Waals surface area contributed by atoms with Crippen molar-refractivity contribution in [3.63, 3.8) is 0 Å². The molecule has 1 unspecified atom stereocenters. The van der Waals surface area contributed by atoms with Crippen LogP contribution < -0.4 is 5.32 Å². The zero-order valence-corrected chi connectivity index (χ0v) is 9.47. The monoisotopic (exact) mass is 225 g/mol. The van der Waals surface area contributed by atoms with Gasteiger partial charge in [0.2, 0.25) is 0 Å². The molecule has 0 radical (unpaired) electrons. The van der Waals surface area contributed by atoms with Crippen LogP contribution in [0.1, 0.15) is 37.8 Å². The Hall–Kier alpha value is -0.960. The van der Waals surface area contributed by atoms with E-state index in [1.165, 1.54) is 19.3 Å². The maximum Gasteiger partial charge on any atom is 0.163 e. The van der Waals surface area contributed by atoms with Crippen molar-refractivity contribution in [1.29, 1.82) is 0 Å². The summed E-state index contributed by atoms with van der Waals surface area (Å²) in [6.45, 7) is 2.77. The van der Waals surface area contributed by atoms with Gasteiger partial charge >= 0.3 is 0 Å². The molecule has 1 N–H and O–H groups in total. The Morgan fingerprint density at radius 2 is 2.12 bits per heavy atom. The molecule has 0 aromatic heterocycles. The summed E-state index contributed by atoms with van der Waals surface area (Å²) in [7, 11) is 0. The first kappa shape index (κ1) is 11.5. The molecular formula is C13H17F2N. The van der Waals surface area contributed by atoms with E-state index in [1.807, 2.05) is 6.92 Å². The van der Waals surface area contributed by atoms with Crippen molar-refractivity contribution < 1.29 is 8.78 Å². The number of rotatable bonds is 4. The number of hydrogen-bond donors (Lipinski definition) is 1. The van der Waals surface area contributed by atoms with Crippen LogP contribution in [0.5, 0.6) is 0 Å². The van der Waals surface area contributed by atoms with Crippen LogP contribution in [0.15, 0.2) is 18.2 Å². The zero-order valence-electron chi connectivity index (χ0n) is 9.47. The lowest BCUT2D eigenvalue weighted by atomic mass is 9.85. The lowest BCUT2D eigenvalue weighted by Crippen LogP contribution is -2.29. The average Bonchev–Trinajstić information content (AvgIpc) is 2.19. The van der Waals surface area contributed by atoms with E-state index in [-0.39, 0.29) is 6.04 Å². The lowest BCUT2D eigenvalue weighted by Gasteiger charge is -2.27. The van der Waals surface area contributed by atoms with E-state index in [0.717, 1.165) is 18.5 Å². The van der Waals surface area contributed by atoms with E-state index < -0.39 is 11.6 Å². The fourth-order valence-corrected chi connectivity index (χ4v) is 2.01. The molecule has 3 heteroatoms. The smallest absolute Gasteiger partial charge is 0.163 e. The molecular weight excluding hydrogens is 208 g/mol. The zero-order chi connectivity index (χ0) is 11.5. The van der Waals surface area contributed by atoms with Crippen LogP contribution in [0.2, 0.25) is 0 Å². The molecule has 0 bridgehead atoms.